The first kappa shape index (κ1) is 22.2. The van der Waals surface area contributed by atoms with Gasteiger partial charge in [-0.15, -0.1) is 0 Å². The van der Waals surface area contributed by atoms with E-state index in [-0.39, 0.29) is 36.4 Å². The maximum absolute atomic E-state index is 12.6. The number of amides is 2. The summed E-state index contributed by atoms with van der Waals surface area (Å²) in [5, 5.41) is 14.9. The maximum atomic E-state index is 12.6. The Bertz CT molecular complexity index is 1100. The molecule has 34 heavy (non-hydrogen) atoms. The second-order valence-corrected chi connectivity index (χ2v) is 9.36. The van der Waals surface area contributed by atoms with Crippen molar-refractivity contribution in [2.75, 3.05) is 6.61 Å². The van der Waals surface area contributed by atoms with Crippen LogP contribution < -0.4 is 10.6 Å². The van der Waals surface area contributed by atoms with Crippen molar-refractivity contribution in [2.45, 2.75) is 43.7 Å². The standard InChI is InChI=1S/C27H28N2O5/c30-25(28-18-12-10-17(14-18)26(31)32)16-9-11-19(13-16)29-27(33)34-15-24-22-7-3-1-5-20(22)21-6-2-4-8-23(21)24/h1-8,10,12,16-19,24H,9,11,13-15H2,(H,28,30)(H,29,33)(H,31,32)/t16-,17?,18?,19+/m1/s1. The molecule has 2 unspecified atom stereocenters. The van der Waals surface area contributed by atoms with E-state index in [0.29, 0.717) is 25.7 Å². The van der Waals surface area contributed by atoms with Crippen LogP contribution in [0.1, 0.15) is 42.7 Å². The number of ether oxygens (including phenoxy) is 1. The predicted octanol–water partition coefficient (Wildman–Crippen LogP) is 3.84. The number of carboxylic acid groups (broad SMARTS) is 1. The zero-order chi connectivity index (χ0) is 23.7. The van der Waals surface area contributed by atoms with Crippen LogP contribution in [0, 0.1) is 11.8 Å². The number of carboxylic acids is 1. The molecule has 7 heteroatoms. The number of aliphatic carboxylic acids is 1. The van der Waals surface area contributed by atoms with E-state index in [1.54, 1.807) is 12.2 Å². The fraction of sp³-hybridized carbons (Fsp3) is 0.370. The van der Waals surface area contributed by atoms with Crippen molar-refractivity contribution in [3.8, 4) is 11.1 Å². The smallest absolute Gasteiger partial charge is 0.407 e. The Morgan fingerprint density at radius 2 is 1.56 bits per heavy atom. The van der Waals surface area contributed by atoms with E-state index in [0.717, 1.165) is 0 Å². The zero-order valence-corrected chi connectivity index (χ0v) is 18.8. The molecular weight excluding hydrogens is 432 g/mol. The number of fused-ring (bicyclic) bond motifs is 3. The van der Waals surface area contributed by atoms with Crippen LogP contribution in [0.2, 0.25) is 0 Å². The van der Waals surface area contributed by atoms with Crippen LogP contribution in [0.15, 0.2) is 60.7 Å². The first-order valence-electron chi connectivity index (χ1n) is 11.8. The van der Waals surface area contributed by atoms with Gasteiger partial charge < -0.3 is 20.5 Å². The van der Waals surface area contributed by atoms with E-state index < -0.39 is 18.0 Å². The van der Waals surface area contributed by atoms with Crippen LogP contribution in [0.4, 0.5) is 4.79 Å². The quantitative estimate of drug-likeness (QED) is 0.568. The van der Waals surface area contributed by atoms with Gasteiger partial charge in [-0.1, -0.05) is 60.7 Å². The Morgan fingerprint density at radius 3 is 2.21 bits per heavy atom. The Morgan fingerprint density at radius 1 is 0.882 bits per heavy atom. The molecular formula is C27H28N2O5. The maximum Gasteiger partial charge on any atom is 0.407 e. The fourth-order valence-corrected chi connectivity index (χ4v) is 5.45. The molecule has 3 N–H and O–H groups in total. The topological polar surface area (TPSA) is 105 Å². The minimum absolute atomic E-state index is 0.00866. The molecule has 1 fully saturated rings. The molecule has 1 saturated carbocycles. The molecule has 5 rings (SSSR count). The number of carbonyl (C=O) groups excluding carboxylic acids is 2. The van der Waals surface area contributed by atoms with Crippen molar-refractivity contribution in [2.24, 2.45) is 11.8 Å². The molecule has 3 aliphatic carbocycles. The summed E-state index contributed by atoms with van der Waals surface area (Å²) in [7, 11) is 0. The lowest BCUT2D eigenvalue weighted by Crippen LogP contribution is -2.38. The average Bonchev–Trinajstić information content (AvgIpc) is 3.56. The molecule has 3 aliphatic rings. The monoisotopic (exact) mass is 460 g/mol. The fourth-order valence-electron chi connectivity index (χ4n) is 5.45. The minimum atomic E-state index is -0.874. The van der Waals surface area contributed by atoms with Crippen LogP contribution in [0.3, 0.4) is 0 Å². The number of benzene rings is 2. The van der Waals surface area contributed by atoms with E-state index in [1.807, 2.05) is 24.3 Å². The number of alkyl carbamates (subject to hydrolysis) is 1. The third-order valence-corrected chi connectivity index (χ3v) is 7.20. The van der Waals surface area contributed by atoms with E-state index in [2.05, 4.69) is 34.9 Å². The summed E-state index contributed by atoms with van der Waals surface area (Å²) < 4.78 is 5.62. The first-order valence-corrected chi connectivity index (χ1v) is 11.8. The van der Waals surface area contributed by atoms with Gasteiger partial charge in [0.05, 0.1) is 5.92 Å². The molecule has 0 saturated heterocycles. The highest BCUT2D eigenvalue weighted by atomic mass is 16.5. The van der Waals surface area contributed by atoms with Crippen LogP contribution in [-0.2, 0) is 14.3 Å². The minimum Gasteiger partial charge on any atom is -0.481 e. The first-order chi connectivity index (χ1) is 16.5. The summed E-state index contributed by atoms with van der Waals surface area (Å²) in [6.45, 7) is 0.259. The lowest BCUT2D eigenvalue weighted by atomic mass is 9.98. The van der Waals surface area contributed by atoms with Gasteiger partial charge in [-0.05, 0) is 47.9 Å². The van der Waals surface area contributed by atoms with Gasteiger partial charge in [-0.2, -0.15) is 0 Å². The molecule has 0 heterocycles. The third-order valence-electron chi connectivity index (χ3n) is 7.20. The molecule has 0 aliphatic heterocycles. The van der Waals surface area contributed by atoms with Gasteiger partial charge in [0.1, 0.15) is 6.61 Å². The third kappa shape index (κ3) is 4.42. The molecule has 2 amide bonds. The van der Waals surface area contributed by atoms with Gasteiger partial charge in [-0.25, -0.2) is 4.79 Å². The zero-order valence-electron chi connectivity index (χ0n) is 18.8. The summed E-state index contributed by atoms with van der Waals surface area (Å²) in [5.41, 5.74) is 4.70. The van der Waals surface area contributed by atoms with Crippen LogP contribution in [0.25, 0.3) is 11.1 Å². The summed E-state index contributed by atoms with van der Waals surface area (Å²) >= 11 is 0. The number of carbonyl (C=O) groups is 3. The van der Waals surface area contributed by atoms with E-state index in [4.69, 9.17) is 9.84 Å². The summed E-state index contributed by atoms with van der Waals surface area (Å²) in [6, 6.07) is 16.0. The highest BCUT2D eigenvalue weighted by Crippen LogP contribution is 2.44. The second kappa shape index (κ2) is 9.33. The van der Waals surface area contributed by atoms with Crippen molar-refractivity contribution in [1.82, 2.24) is 10.6 Å². The van der Waals surface area contributed by atoms with Crippen LogP contribution >= 0.6 is 0 Å². The van der Waals surface area contributed by atoms with Crippen molar-refractivity contribution >= 4 is 18.0 Å². The van der Waals surface area contributed by atoms with Crippen LogP contribution in [-0.4, -0.2) is 41.8 Å². The highest BCUT2D eigenvalue weighted by molar-refractivity contribution is 5.81. The van der Waals surface area contributed by atoms with Gasteiger partial charge in [0, 0.05) is 23.9 Å². The van der Waals surface area contributed by atoms with Gasteiger partial charge >= 0.3 is 12.1 Å². The Hall–Kier alpha value is -3.61. The van der Waals surface area contributed by atoms with Crippen molar-refractivity contribution in [3.05, 3.63) is 71.8 Å². The molecule has 7 nitrogen and oxygen atoms in total. The molecule has 176 valence electrons. The summed E-state index contributed by atoms with van der Waals surface area (Å²) in [5.74, 6) is -1.69. The molecule has 0 radical (unpaired) electrons. The van der Waals surface area contributed by atoms with Crippen molar-refractivity contribution in [1.29, 1.82) is 0 Å². The van der Waals surface area contributed by atoms with E-state index >= 15 is 0 Å². The number of rotatable bonds is 6. The molecule has 0 spiro atoms. The number of nitrogens with one attached hydrogen (secondary N) is 2. The molecule has 4 atom stereocenters. The molecule has 0 bridgehead atoms. The Kier molecular flexibility index (Phi) is 6.09. The normalized spacial score (nSPS) is 24.9. The Balaban J connectivity index is 1.11. The van der Waals surface area contributed by atoms with Crippen molar-refractivity contribution in [3.63, 3.8) is 0 Å². The lowest BCUT2D eigenvalue weighted by molar-refractivity contribution is -0.140. The predicted molar refractivity (Wildman–Crippen MR) is 126 cm³/mol. The van der Waals surface area contributed by atoms with Gasteiger partial charge in [0.25, 0.3) is 0 Å². The summed E-state index contributed by atoms with van der Waals surface area (Å²) in [4.78, 5) is 36.2. The second-order valence-electron chi connectivity index (χ2n) is 9.36. The van der Waals surface area contributed by atoms with Gasteiger partial charge in [-0.3, -0.25) is 9.59 Å². The van der Waals surface area contributed by atoms with Gasteiger partial charge in [0.15, 0.2) is 0 Å². The Labute approximate surface area is 198 Å². The SMILES string of the molecule is O=C(N[C@H]1CC[C@@H](C(=O)NC2C=CC(C(=O)O)C2)C1)OCC1c2ccccc2-c2ccccc21. The average molecular weight is 461 g/mol. The highest BCUT2D eigenvalue weighted by Gasteiger charge is 2.34. The molecule has 2 aromatic carbocycles. The number of hydrogen-bond donors (Lipinski definition) is 3. The van der Waals surface area contributed by atoms with Crippen LogP contribution in [0.5, 0.6) is 0 Å². The number of hydrogen-bond acceptors (Lipinski definition) is 4. The molecule has 2 aromatic rings. The van der Waals surface area contributed by atoms with E-state index in [1.165, 1.54) is 22.3 Å². The lowest BCUT2D eigenvalue weighted by Gasteiger charge is -2.18. The van der Waals surface area contributed by atoms with Crippen molar-refractivity contribution < 1.29 is 24.2 Å². The largest absolute Gasteiger partial charge is 0.481 e. The van der Waals surface area contributed by atoms with Gasteiger partial charge in [0.2, 0.25) is 5.91 Å². The summed E-state index contributed by atoms with van der Waals surface area (Å²) in [6.07, 6.45) is 5.24. The molecule has 0 aromatic heterocycles. The van der Waals surface area contributed by atoms with E-state index in [9.17, 15) is 14.4 Å².